The minimum atomic E-state index is 0.356. The number of hydrogen-bond acceptors (Lipinski definition) is 3. The summed E-state index contributed by atoms with van der Waals surface area (Å²) < 4.78 is 0. The number of thiazole rings is 1. The Morgan fingerprint density at radius 1 is 1.57 bits per heavy atom. The molecule has 80 valence electrons. The van der Waals surface area contributed by atoms with Crippen LogP contribution in [0.25, 0.3) is 0 Å². The molecule has 0 radical (unpaired) electrons. The van der Waals surface area contributed by atoms with Gasteiger partial charge in [-0.05, 0) is 32.2 Å². The Labute approximate surface area is 90.8 Å². The molecule has 0 bridgehead atoms. The molecule has 1 unspecified atom stereocenters. The van der Waals surface area contributed by atoms with Crippen LogP contribution in [0.3, 0.4) is 0 Å². The SMILES string of the molecule is CNC(C)CC(C)(C)Cc1cncs1. The molecule has 1 heterocycles. The van der Waals surface area contributed by atoms with Gasteiger partial charge >= 0.3 is 0 Å². The zero-order valence-electron chi connectivity index (χ0n) is 9.50. The molecule has 1 rings (SSSR count). The summed E-state index contributed by atoms with van der Waals surface area (Å²) in [4.78, 5) is 5.50. The van der Waals surface area contributed by atoms with Gasteiger partial charge in [0.2, 0.25) is 0 Å². The van der Waals surface area contributed by atoms with Gasteiger partial charge in [-0.3, -0.25) is 4.98 Å². The van der Waals surface area contributed by atoms with E-state index in [1.807, 2.05) is 18.8 Å². The standard InChI is InChI=1S/C11H20N2S/c1-9(12-4)5-11(2,3)6-10-7-13-8-14-10/h7-9,12H,5-6H2,1-4H3. The first kappa shape index (κ1) is 11.7. The molecule has 2 nitrogen and oxygen atoms in total. The Hall–Kier alpha value is -0.410. The zero-order chi connectivity index (χ0) is 10.6. The second kappa shape index (κ2) is 4.89. The lowest BCUT2D eigenvalue weighted by Gasteiger charge is -2.27. The summed E-state index contributed by atoms with van der Waals surface area (Å²) in [6, 6.07) is 0.581. The Bertz CT molecular complexity index is 254. The highest BCUT2D eigenvalue weighted by Gasteiger charge is 2.21. The number of nitrogens with one attached hydrogen (secondary N) is 1. The molecule has 14 heavy (non-hydrogen) atoms. The summed E-state index contributed by atoms with van der Waals surface area (Å²) in [7, 11) is 2.02. The molecule has 0 saturated heterocycles. The molecular formula is C11H20N2S. The Morgan fingerprint density at radius 3 is 2.79 bits per heavy atom. The summed E-state index contributed by atoms with van der Waals surface area (Å²) >= 11 is 1.75. The van der Waals surface area contributed by atoms with Gasteiger partial charge in [-0.1, -0.05) is 13.8 Å². The lowest BCUT2D eigenvalue weighted by molar-refractivity contribution is 0.295. The highest BCUT2D eigenvalue weighted by Crippen LogP contribution is 2.28. The highest BCUT2D eigenvalue weighted by atomic mass is 32.1. The van der Waals surface area contributed by atoms with Crippen molar-refractivity contribution in [2.75, 3.05) is 7.05 Å². The van der Waals surface area contributed by atoms with Crippen LogP contribution in [0.1, 0.15) is 32.1 Å². The molecular weight excluding hydrogens is 192 g/mol. The van der Waals surface area contributed by atoms with Crippen LogP contribution in [0.2, 0.25) is 0 Å². The van der Waals surface area contributed by atoms with Crippen LogP contribution in [0.15, 0.2) is 11.7 Å². The van der Waals surface area contributed by atoms with Crippen molar-refractivity contribution in [3.05, 3.63) is 16.6 Å². The fourth-order valence-corrected chi connectivity index (χ4v) is 2.66. The van der Waals surface area contributed by atoms with Gasteiger partial charge in [-0.25, -0.2) is 0 Å². The third-order valence-electron chi connectivity index (χ3n) is 2.49. The van der Waals surface area contributed by atoms with Crippen LogP contribution in [0.4, 0.5) is 0 Å². The van der Waals surface area contributed by atoms with Gasteiger partial charge in [0.15, 0.2) is 0 Å². The second-order valence-electron chi connectivity index (χ2n) is 4.70. The van der Waals surface area contributed by atoms with E-state index < -0.39 is 0 Å². The summed E-state index contributed by atoms with van der Waals surface area (Å²) in [5.41, 5.74) is 2.27. The summed E-state index contributed by atoms with van der Waals surface area (Å²) in [6.45, 7) is 6.87. The van der Waals surface area contributed by atoms with Crippen molar-refractivity contribution in [2.45, 2.75) is 39.7 Å². The molecule has 1 atom stereocenters. The van der Waals surface area contributed by atoms with Gasteiger partial charge in [0.1, 0.15) is 0 Å². The molecule has 0 amide bonds. The van der Waals surface area contributed by atoms with Gasteiger partial charge in [0.05, 0.1) is 5.51 Å². The smallest absolute Gasteiger partial charge is 0.0794 e. The normalized spacial score (nSPS) is 14.3. The van der Waals surface area contributed by atoms with Crippen LogP contribution in [-0.4, -0.2) is 18.1 Å². The molecule has 0 aliphatic carbocycles. The lowest BCUT2D eigenvalue weighted by atomic mass is 9.82. The number of hydrogen-bond donors (Lipinski definition) is 1. The minimum Gasteiger partial charge on any atom is -0.317 e. The largest absolute Gasteiger partial charge is 0.317 e. The molecule has 0 aliphatic heterocycles. The maximum atomic E-state index is 4.11. The number of rotatable bonds is 5. The van der Waals surface area contributed by atoms with E-state index in [1.54, 1.807) is 11.3 Å². The Morgan fingerprint density at radius 2 is 2.29 bits per heavy atom. The second-order valence-corrected chi connectivity index (χ2v) is 5.67. The number of nitrogens with zero attached hydrogens (tertiary/aromatic N) is 1. The first-order valence-electron chi connectivity index (χ1n) is 5.08. The van der Waals surface area contributed by atoms with E-state index in [0.29, 0.717) is 11.5 Å². The highest BCUT2D eigenvalue weighted by molar-refractivity contribution is 7.09. The average Bonchev–Trinajstić information content (AvgIpc) is 2.54. The van der Waals surface area contributed by atoms with E-state index in [0.717, 1.165) is 6.42 Å². The molecule has 0 saturated carbocycles. The predicted octanol–water partition coefficient (Wildman–Crippen LogP) is 2.71. The predicted molar refractivity (Wildman–Crippen MR) is 62.7 cm³/mol. The summed E-state index contributed by atoms with van der Waals surface area (Å²) in [6.07, 6.45) is 4.31. The van der Waals surface area contributed by atoms with E-state index in [-0.39, 0.29) is 0 Å². The average molecular weight is 212 g/mol. The van der Waals surface area contributed by atoms with Gasteiger partial charge in [0, 0.05) is 17.1 Å². The molecule has 1 aromatic rings. The van der Waals surface area contributed by atoms with Crippen LogP contribution in [-0.2, 0) is 6.42 Å². The quantitative estimate of drug-likeness (QED) is 0.811. The molecule has 1 N–H and O–H groups in total. The maximum absolute atomic E-state index is 4.11. The molecule has 3 heteroatoms. The first-order chi connectivity index (χ1) is 6.53. The molecule has 0 spiro atoms. The third-order valence-corrected chi connectivity index (χ3v) is 3.27. The molecule has 0 aromatic carbocycles. The van der Waals surface area contributed by atoms with E-state index in [4.69, 9.17) is 0 Å². The maximum Gasteiger partial charge on any atom is 0.0794 e. The lowest BCUT2D eigenvalue weighted by Crippen LogP contribution is -2.29. The van der Waals surface area contributed by atoms with Crippen molar-refractivity contribution in [1.29, 1.82) is 0 Å². The van der Waals surface area contributed by atoms with Crippen molar-refractivity contribution < 1.29 is 0 Å². The van der Waals surface area contributed by atoms with Crippen molar-refractivity contribution >= 4 is 11.3 Å². The van der Waals surface area contributed by atoms with E-state index in [2.05, 4.69) is 31.1 Å². The van der Waals surface area contributed by atoms with Gasteiger partial charge in [0.25, 0.3) is 0 Å². The van der Waals surface area contributed by atoms with Crippen molar-refractivity contribution in [3.63, 3.8) is 0 Å². The fourth-order valence-electron chi connectivity index (χ4n) is 1.80. The minimum absolute atomic E-state index is 0.356. The summed E-state index contributed by atoms with van der Waals surface area (Å²) in [5.74, 6) is 0. The molecule has 1 aromatic heterocycles. The fraction of sp³-hybridized carbons (Fsp3) is 0.727. The number of aromatic nitrogens is 1. The topological polar surface area (TPSA) is 24.9 Å². The van der Waals surface area contributed by atoms with Crippen molar-refractivity contribution in [1.82, 2.24) is 10.3 Å². The van der Waals surface area contributed by atoms with Crippen LogP contribution in [0.5, 0.6) is 0 Å². The van der Waals surface area contributed by atoms with Gasteiger partial charge < -0.3 is 5.32 Å². The Balaban J connectivity index is 2.49. The molecule has 0 fully saturated rings. The molecule has 0 aliphatic rings. The van der Waals surface area contributed by atoms with E-state index in [1.165, 1.54) is 11.3 Å². The Kier molecular flexibility index (Phi) is 4.08. The van der Waals surface area contributed by atoms with Crippen molar-refractivity contribution in [3.8, 4) is 0 Å². The van der Waals surface area contributed by atoms with Crippen molar-refractivity contribution in [2.24, 2.45) is 5.41 Å². The first-order valence-corrected chi connectivity index (χ1v) is 5.96. The van der Waals surface area contributed by atoms with Crippen LogP contribution < -0.4 is 5.32 Å². The zero-order valence-corrected chi connectivity index (χ0v) is 10.3. The third kappa shape index (κ3) is 3.76. The van der Waals surface area contributed by atoms with Crippen LogP contribution >= 0.6 is 11.3 Å². The van der Waals surface area contributed by atoms with Crippen LogP contribution in [0, 0.1) is 5.41 Å². The van der Waals surface area contributed by atoms with E-state index in [9.17, 15) is 0 Å². The van der Waals surface area contributed by atoms with E-state index >= 15 is 0 Å². The van der Waals surface area contributed by atoms with Gasteiger partial charge in [-0.2, -0.15) is 0 Å². The summed E-state index contributed by atoms with van der Waals surface area (Å²) in [5, 5.41) is 3.29. The van der Waals surface area contributed by atoms with Gasteiger partial charge in [-0.15, -0.1) is 11.3 Å². The monoisotopic (exact) mass is 212 g/mol.